The van der Waals surface area contributed by atoms with Crippen LogP contribution >= 0.6 is 0 Å². The highest BCUT2D eigenvalue weighted by atomic mass is 16.5. The highest BCUT2D eigenvalue weighted by molar-refractivity contribution is 5.79. The van der Waals surface area contributed by atoms with Crippen molar-refractivity contribution in [2.45, 2.75) is 26.9 Å². The predicted octanol–water partition coefficient (Wildman–Crippen LogP) is 2.30. The molecule has 0 spiro atoms. The molecule has 0 aliphatic rings. The summed E-state index contributed by atoms with van der Waals surface area (Å²) < 4.78 is 13.1. The minimum Gasteiger partial charge on any atom is -0.493 e. The molecule has 1 aromatic heterocycles. The molecule has 0 unspecified atom stereocenters. The quantitative estimate of drug-likeness (QED) is 0.732. The van der Waals surface area contributed by atoms with E-state index in [0.717, 1.165) is 18.5 Å². The standard InChI is InChI=1S/C15H19N3O3/c1-4-7-20-13-6-5-12(9-19)14(8-13)21-10-15-17-16-11(2)18(15)3/h5-6,8-9H,4,7,10H2,1-3H3. The second-order valence-corrected chi connectivity index (χ2v) is 4.68. The van der Waals surface area contributed by atoms with E-state index in [0.29, 0.717) is 29.5 Å². The summed E-state index contributed by atoms with van der Waals surface area (Å²) in [4.78, 5) is 11.1. The highest BCUT2D eigenvalue weighted by Gasteiger charge is 2.09. The van der Waals surface area contributed by atoms with E-state index in [4.69, 9.17) is 9.47 Å². The molecule has 0 amide bonds. The number of hydrogen-bond donors (Lipinski definition) is 0. The van der Waals surface area contributed by atoms with Crippen molar-refractivity contribution in [2.75, 3.05) is 6.61 Å². The van der Waals surface area contributed by atoms with Crippen molar-refractivity contribution in [3.05, 3.63) is 35.4 Å². The van der Waals surface area contributed by atoms with Gasteiger partial charge in [0.2, 0.25) is 0 Å². The summed E-state index contributed by atoms with van der Waals surface area (Å²) in [5.74, 6) is 2.68. The van der Waals surface area contributed by atoms with Crippen molar-refractivity contribution in [3.63, 3.8) is 0 Å². The van der Waals surface area contributed by atoms with E-state index >= 15 is 0 Å². The van der Waals surface area contributed by atoms with Gasteiger partial charge in [0.1, 0.15) is 23.9 Å². The van der Waals surface area contributed by atoms with Crippen molar-refractivity contribution in [2.24, 2.45) is 7.05 Å². The Labute approximate surface area is 123 Å². The van der Waals surface area contributed by atoms with Crippen LogP contribution in [-0.2, 0) is 13.7 Å². The van der Waals surface area contributed by atoms with Crippen LogP contribution in [0.2, 0.25) is 0 Å². The zero-order valence-corrected chi connectivity index (χ0v) is 12.5. The molecule has 2 rings (SSSR count). The predicted molar refractivity (Wildman–Crippen MR) is 77.7 cm³/mol. The molecule has 0 aliphatic heterocycles. The minimum atomic E-state index is 0.245. The topological polar surface area (TPSA) is 66.2 Å². The summed E-state index contributed by atoms with van der Waals surface area (Å²) in [6.45, 7) is 4.78. The van der Waals surface area contributed by atoms with Crippen LogP contribution in [0.3, 0.4) is 0 Å². The minimum absolute atomic E-state index is 0.245. The molecule has 6 nitrogen and oxygen atoms in total. The van der Waals surface area contributed by atoms with Gasteiger partial charge in [-0.1, -0.05) is 6.92 Å². The zero-order valence-electron chi connectivity index (χ0n) is 12.5. The Morgan fingerprint density at radius 3 is 2.71 bits per heavy atom. The van der Waals surface area contributed by atoms with Crippen molar-refractivity contribution >= 4 is 6.29 Å². The summed E-state index contributed by atoms with van der Waals surface area (Å²) in [7, 11) is 1.87. The third-order valence-corrected chi connectivity index (χ3v) is 3.12. The van der Waals surface area contributed by atoms with Crippen LogP contribution in [0.15, 0.2) is 18.2 Å². The Balaban J connectivity index is 2.13. The summed E-state index contributed by atoms with van der Waals surface area (Å²) in [6, 6.07) is 5.18. The molecule has 21 heavy (non-hydrogen) atoms. The number of nitrogens with zero attached hydrogens (tertiary/aromatic N) is 3. The highest BCUT2D eigenvalue weighted by Crippen LogP contribution is 2.24. The lowest BCUT2D eigenvalue weighted by Gasteiger charge is -2.11. The number of carbonyl (C=O) groups is 1. The number of carbonyl (C=O) groups excluding carboxylic acids is 1. The van der Waals surface area contributed by atoms with E-state index in [2.05, 4.69) is 10.2 Å². The van der Waals surface area contributed by atoms with Gasteiger partial charge in [0, 0.05) is 13.1 Å². The molecule has 1 aromatic carbocycles. The molecule has 0 fully saturated rings. The molecule has 0 atom stereocenters. The number of hydrogen-bond acceptors (Lipinski definition) is 5. The van der Waals surface area contributed by atoms with E-state index in [1.54, 1.807) is 18.2 Å². The van der Waals surface area contributed by atoms with Crippen molar-refractivity contribution in [1.82, 2.24) is 14.8 Å². The van der Waals surface area contributed by atoms with Crippen molar-refractivity contribution in [1.29, 1.82) is 0 Å². The van der Waals surface area contributed by atoms with Crippen LogP contribution in [0.5, 0.6) is 11.5 Å². The molecule has 0 saturated heterocycles. The first-order valence-corrected chi connectivity index (χ1v) is 6.85. The Hall–Kier alpha value is -2.37. The van der Waals surface area contributed by atoms with Crippen molar-refractivity contribution < 1.29 is 14.3 Å². The lowest BCUT2D eigenvalue weighted by molar-refractivity contribution is 0.111. The van der Waals surface area contributed by atoms with E-state index in [-0.39, 0.29) is 6.61 Å². The van der Waals surface area contributed by atoms with Gasteiger partial charge in [0.05, 0.1) is 12.2 Å². The van der Waals surface area contributed by atoms with Gasteiger partial charge >= 0.3 is 0 Å². The first-order valence-electron chi connectivity index (χ1n) is 6.85. The van der Waals surface area contributed by atoms with Gasteiger partial charge < -0.3 is 14.0 Å². The molecule has 1 heterocycles. The first-order chi connectivity index (χ1) is 10.2. The van der Waals surface area contributed by atoms with Crippen molar-refractivity contribution in [3.8, 4) is 11.5 Å². The van der Waals surface area contributed by atoms with Gasteiger partial charge in [-0.2, -0.15) is 0 Å². The smallest absolute Gasteiger partial charge is 0.170 e. The fourth-order valence-corrected chi connectivity index (χ4v) is 1.77. The molecule has 0 aliphatic carbocycles. The molecular weight excluding hydrogens is 270 g/mol. The molecule has 6 heteroatoms. The van der Waals surface area contributed by atoms with Gasteiger partial charge in [-0.15, -0.1) is 10.2 Å². The third-order valence-electron chi connectivity index (χ3n) is 3.12. The summed E-state index contributed by atoms with van der Waals surface area (Å²) in [5.41, 5.74) is 0.484. The van der Waals surface area contributed by atoms with Gasteiger partial charge in [-0.25, -0.2) is 0 Å². The molecule has 0 bridgehead atoms. The maximum atomic E-state index is 11.1. The van der Waals surface area contributed by atoms with Gasteiger partial charge in [0.15, 0.2) is 12.1 Å². The normalized spacial score (nSPS) is 10.4. The van der Waals surface area contributed by atoms with E-state index < -0.39 is 0 Å². The number of aryl methyl sites for hydroxylation is 1. The number of ether oxygens (including phenoxy) is 2. The third kappa shape index (κ3) is 3.59. The number of rotatable bonds is 7. The summed E-state index contributed by atoms with van der Waals surface area (Å²) in [6.07, 6.45) is 1.69. The maximum absolute atomic E-state index is 11.1. The van der Waals surface area contributed by atoms with E-state index in [1.165, 1.54) is 0 Å². The average molecular weight is 289 g/mol. The van der Waals surface area contributed by atoms with Crippen LogP contribution in [0.25, 0.3) is 0 Å². The van der Waals surface area contributed by atoms with Gasteiger partial charge in [0.25, 0.3) is 0 Å². The lowest BCUT2D eigenvalue weighted by Crippen LogP contribution is -2.06. The maximum Gasteiger partial charge on any atom is 0.170 e. The average Bonchev–Trinajstić information content (AvgIpc) is 2.82. The molecular formula is C15H19N3O3. The Morgan fingerprint density at radius 2 is 2.10 bits per heavy atom. The largest absolute Gasteiger partial charge is 0.493 e. The van der Waals surface area contributed by atoms with Crippen LogP contribution in [0, 0.1) is 6.92 Å². The Bertz CT molecular complexity index is 623. The van der Waals surface area contributed by atoms with Gasteiger partial charge in [-0.05, 0) is 25.5 Å². The fourth-order valence-electron chi connectivity index (χ4n) is 1.77. The van der Waals surface area contributed by atoms with Crippen LogP contribution in [0.1, 0.15) is 35.4 Å². The van der Waals surface area contributed by atoms with Gasteiger partial charge in [-0.3, -0.25) is 4.79 Å². The lowest BCUT2D eigenvalue weighted by atomic mass is 10.2. The molecule has 112 valence electrons. The SMILES string of the molecule is CCCOc1ccc(C=O)c(OCc2nnc(C)n2C)c1. The van der Waals surface area contributed by atoms with E-state index in [9.17, 15) is 4.79 Å². The van der Waals surface area contributed by atoms with Crippen LogP contribution < -0.4 is 9.47 Å². The number of aromatic nitrogens is 3. The van der Waals surface area contributed by atoms with E-state index in [1.807, 2.05) is 25.5 Å². The molecule has 0 N–H and O–H groups in total. The first kappa shape index (κ1) is 15.0. The molecule has 0 saturated carbocycles. The number of benzene rings is 1. The fraction of sp³-hybridized carbons (Fsp3) is 0.400. The molecule has 2 aromatic rings. The second kappa shape index (κ2) is 6.88. The number of aldehydes is 1. The summed E-state index contributed by atoms with van der Waals surface area (Å²) >= 11 is 0. The molecule has 0 radical (unpaired) electrons. The van der Waals surface area contributed by atoms with Crippen LogP contribution in [-0.4, -0.2) is 27.7 Å². The monoisotopic (exact) mass is 289 g/mol. The second-order valence-electron chi connectivity index (χ2n) is 4.68. The zero-order chi connectivity index (χ0) is 15.2. The van der Waals surface area contributed by atoms with Crippen LogP contribution in [0.4, 0.5) is 0 Å². The Kier molecular flexibility index (Phi) is 4.92. The Morgan fingerprint density at radius 1 is 1.29 bits per heavy atom. The summed E-state index contributed by atoms with van der Waals surface area (Å²) in [5, 5.41) is 7.99.